The third-order valence-electron chi connectivity index (χ3n) is 3.22. The van der Waals surface area contributed by atoms with Gasteiger partial charge in [0.15, 0.2) is 5.84 Å². The molecule has 1 unspecified atom stereocenters. The van der Waals surface area contributed by atoms with Crippen molar-refractivity contribution in [3.05, 3.63) is 23.3 Å². The smallest absolute Gasteiger partial charge is 0.316 e. The molecule has 0 N–H and O–H groups in total. The quantitative estimate of drug-likeness (QED) is 0.742. The summed E-state index contributed by atoms with van der Waals surface area (Å²) >= 11 is 0. The predicted octanol–water partition coefficient (Wildman–Crippen LogP) is 3.34. The van der Waals surface area contributed by atoms with Gasteiger partial charge in [-0.25, -0.2) is 4.99 Å². The fourth-order valence-electron chi connectivity index (χ4n) is 2.08. The van der Waals surface area contributed by atoms with E-state index in [4.69, 9.17) is 0 Å². The first kappa shape index (κ1) is 16.3. The normalized spacial score (nSPS) is 21.0. The molecule has 2 aliphatic rings. The number of aliphatic imine (C=N–C) groups is 2. The molecule has 2 rings (SSSR count). The maximum Gasteiger partial charge on any atom is 0.316 e. The number of esters is 1. The minimum atomic E-state index is -0.336. The van der Waals surface area contributed by atoms with E-state index in [1.54, 1.807) is 6.21 Å². The fourth-order valence-corrected chi connectivity index (χ4v) is 2.08. The molecule has 1 aliphatic heterocycles. The number of carbonyl (C=O) groups is 1. The SMILES string of the molecule is CC.CCC1=CC(C2=NCC(C(=O)OC)C=N2)=CCC1. The molecule has 20 heavy (non-hydrogen) atoms. The lowest BCUT2D eigenvalue weighted by atomic mass is 9.96. The summed E-state index contributed by atoms with van der Waals surface area (Å²) in [5, 5.41) is 0. The Bertz CT molecular complexity index is 459. The number of ether oxygens (including phenoxy) is 1. The van der Waals surface area contributed by atoms with Gasteiger partial charge in [0.2, 0.25) is 0 Å². The van der Waals surface area contributed by atoms with Gasteiger partial charge in [-0.1, -0.05) is 38.5 Å². The van der Waals surface area contributed by atoms with Crippen LogP contribution < -0.4 is 0 Å². The molecule has 0 aromatic carbocycles. The number of hydrogen-bond donors (Lipinski definition) is 0. The Balaban J connectivity index is 0.000000956. The summed E-state index contributed by atoms with van der Waals surface area (Å²) in [6, 6.07) is 0. The van der Waals surface area contributed by atoms with Crippen LogP contribution in [0.5, 0.6) is 0 Å². The van der Waals surface area contributed by atoms with E-state index in [9.17, 15) is 4.79 Å². The zero-order chi connectivity index (χ0) is 15.0. The molecule has 0 bridgehead atoms. The van der Waals surface area contributed by atoms with Gasteiger partial charge in [-0.2, -0.15) is 0 Å². The molecule has 4 nitrogen and oxygen atoms in total. The summed E-state index contributed by atoms with van der Waals surface area (Å²) in [4.78, 5) is 20.0. The highest BCUT2D eigenvalue weighted by atomic mass is 16.5. The molecule has 4 heteroatoms. The largest absolute Gasteiger partial charge is 0.468 e. The molecule has 1 heterocycles. The predicted molar refractivity (Wildman–Crippen MR) is 83.3 cm³/mol. The first-order valence-corrected chi connectivity index (χ1v) is 7.31. The summed E-state index contributed by atoms with van der Waals surface area (Å²) < 4.78 is 4.68. The molecule has 0 aromatic heterocycles. The van der Waals surface area contributed by atoms with Crippen molar-refractivity contribution in [2.24, 2.45) is 15.9 Å². The number of carbonyl (C=O) groups excluding carboxylic acids is 1. The highest BCUT2D eigenvalue weighted by molar-refractivity contribution is 6.08. The lowest BCUT2D eigenvalue weighted by molar-refractivity contribution is -0.142. The van der Waals surface area contributed by atoms with E-state index in [0.717, 1.165) is 30.7 Å². The highest BCUT2D eigenvalue weighted by Crippen LogP contribution is 2.22. The molecule has 0 radical (unpaired) electrons. The van der Waals surface area contributed by atoms with Gasteiger partial charge >= 0.3 is 5.97 Å². The molecule has 1 aliphatic carbocycles. The number of rotatable bonds is 3. The van der Waals surface area contributed by atoms with Gasteiger partial charge in [0.05, 0.1) is 13.7 Å². The Morgan fingerprint density at radius 1 is 1.45 bits per heavy atom. The van der Waals surface area contributed by atoms with E-state index in [-0.39, 0.29) is 11.9 Å². The second kappa shape index (κ2) is 8.46. The van der Waals surface area contributed by atoms with Crippen molar-refractivity contribution in [2.45, 2.75) is 40.0 Å². The van der Waals surface area contributed by atoms with E-state index in [1.807, 2.05) is 13.8 Å². The van der Waals surface area contributed by atoms with Crippen LogP contribution in [0.15, 0.2) is 33.3 Å². The lowest BCUT2D eigenvalue weighted by Gasteiger charge is -2.16. The Morgan fingerprint density at radius 2 is 2.20 bits per heavy atom. The van der Waals surface area contributed by atoms with E-state index >= 15 is 0 Å². The van der Waals surface area contributed by atoms with E-state index < -0.39 is 0 Å². The molecule has 0 saturated heterocycles. The van der Waals surface area contributed by atoms with Crippen molar-refractivity contribution < 1.29 is 9.53 Å². The summed E-state index contributed by atoms with van der Waals surface area (Å²) in [5.41, 5.74) is 2.51. The van der Waals surface area contributed by atoms with E-state index in [1.165, 1.54) is 12.7 Å². The van der Waals surface area contributed by atoms with E-state index in [2.05, 4.69) is 33.8 Å². The maximum absolute atomic E-state index is 11.3. The molecular weight excluding hydrogens is 252 g/mol. The van der Waals surface area contributed by atoms with Crippen LogP contribution in [0.25, 0.3) is 0 Å². The van der Waals surface area contributed by atoms with Crippen LogP contribution in [0.3, 0.4) is 0 Å². The van der Waals surface area contributed by atoms with Crippen molar-refractivity contribution in [1.82, 2.24) is 0 Å². The summed E-state index contributed by atoms with van der Waals surface area (Å²) in [6.07, 6.45) is 9.21. The molecule has 0 aromatic rings. The van der Waals surface area contributed by atoms with E-state index in [0.29, 0.717) is 6.54 Å². The minimum absolute atomic E-state index is 0.274. The van der Waals surface area contributed by atoms with Gasteiger partial charge in [-0.15, -0.1) is 0 Å². The van der Waals surface area contributed by atoms with Crippen LogP contribution in [0, 0.1) is 5.92 Å². The average molecular weight is 276 g/mol. The standard InChI is InChI=1S/C14H18N2O2.C2H6/c1-3-10-5-4-6-11(7-10)13-15-8-12(9-16-13)14(17)18-2;1-2/h6-8,12H,3-5,9H2,1-2H3;1-2H3. The van der Waals surface area contributed by atoms with Crippen molar-refractivity contribution in [1.29, 1.82) is 0 Å². The summed E-state index contributed by atoms with van der Waals surface area (Å²) in [5.74, 6) is 0.127. The van der Waals surface area contributed by atoms with Gasteiger partial charge in [0, 0.05) is 11.8 Å². The first-order chi connectivity index (χ1) is 9.74. The molecule has 0 saturated carbocycles. The molecule has 110 valence electrons. The van der Waals surface area contributed by atoms with Gasteiger partial charge in [-0.05, 0) is 19.3 Å². The van der Waals surface area contributed by atoms with Crippen molar-refractivity contribution in [3.8, 4) is 0 Å². The lowest BCUT2D eigenvalue weighted by Crippen LogP contribution is -2.25. The number of hydrogen-bond acceptors (Lipinski definition) is 4. The Hall–Kier alpha value is -1.71. The topological polar surface area (TPSA) is 51.0 Å². The molecule has 0 amide bonds. The number of amidine groups is 1. The van der Waals surface area contributed by atoms with Crippen LogP contribution in [-0.4, -0.2) is 31.7 Å². The molecule has 1 atom stereocenters. The molecule has 0 fully saturated rings. The van der Waals surface area contributed by atoms with Crippen LogP contribution >= 0.6 is 0 Å². The third kappa shape index (κ3) is 4.15. The Labute approximate surface area is 121 Å². The maximum atomic E-state index is 11.3. The monoisotopic (exact) mass is 276 g/mol. The number of allylic oxidation sites excluding steroid dienone is 2. The van der Waals surface area contributed by atoms with Gasteiger partial charge in [-0.3, -0.25) is 9.79 Å². The molecule has 0 spiro atoms. The minimum Gasteiger partial charge on any atom is -0.468 e. The average Bonchev–Trinajstić information content (AvgIpc) is 2.56. The zero-order valence-electron chi connectivity index (χ0n) is 12.8. The van der Waals surface area contributed by atoms with Gasteiger partial charge in [0.25, 0.3) is 0 Å². The van der Waals surface area contributed by atoms with Crippen molar-refractivity contribution >= 4 is 18.0 Å². The zero-order valence-corrected chi connectivity index (χ0v) is 12.8. The van der Waals surface area contributed by atoms with Gasteiger partial charge in [0.1, 0.15) is 5.92 Å². The van der Waals surface area contributed by atoms with Crippen LogP contribution in [0.4, 0.5) is 0 Å². The number of nitrogens with zero attached hydrogens (tertiary/aromatic N) is 2. The first-order valence-electron chi connectivity index (χ1n) is 7.31. The summed E-state index contributed by atoms with van der Waals surface area (Å²) in [7, 11) is 1.38. The van der Waals surface area contributed by atoms with Crippen LogP contribution in [0.1, 0.15) is 40.0 Å². The fraction of sp³-hybridized carbons (Fsp3) is 0.562. The van der Waals surface area contributed by atoms with Crippen molar-refractivity contribution in [2.75, 3.05) is 13.7 Å². The molecular formula is C16H24N2O2. The highest BCUT2D eigenvalue weighted by Gasteiger charge is 2.21. The van der Waals surface area contributed by atoms with Crippen LogP contribution in [0.2, 0.25) is 0 Å². The second-order valence-electron chi connectivity index (χ2n) is 4.43. The third-order valence-corrected chi connectivity index (χ3v) is 3.22. The Kier molecular flexibility index (Phi) is 6.91. The summed E-state index contributed by atoms with van der Waals surface area (Å²) in [6.45, 7) is 6.59. The van der Waals surface area contributed by atoms with Crippen molar-refractivity contribution in [3.63, 3.8) is 0 Å². The number of methoxy groups -OCH3 is 1. The Morgan fingerprint density at radius 3 is 2.75 bits per heavy atom. The van der Waals surface area contributed by atoms with Gasteiger partial charge < -0.3 is 4.74 Å². The van der Waals surface area contributed by atoms with Crippen LogP contribution in [-0.2, 0) is 9.53 Å². The second-order valence-corrected chi connectivity index (χ2v) is 4.43.